The van der Waals surface area contributed by atoms with Crippen LogP contribution in [0.1, 0.15) is 90.7 Å². The fraction of sp³-hybridized carbons (Fsp3) is 0.630. The predicted octanol–water partition coefficient (Wildman–Crippen LogP) is 6.37. The summed E-state index contributed by atoms with van der Waals surface area (Å²) in [6.45, 7) is 15.6. The zero-order valence-corrected chi connectivity index (χ0v) is 19.8. The molecule has 1 aromatic carbocycles. The first-order valence-corrected chi connectivity index (χ1v) is 11.7. The lowest BCUT2D eigenvalue weighted by Crippen LogP contribution is -2.42. The first-order chi connectivity index (χ1) is 14.3. The first kappa shape index (κ1) is 22.8. The Bertz CT molecular complexity index is 856. The van der Waals surface area contributed by atoms with Crippen molar-refractivity contribution in [2.24, 2.45) is 5.92 Å². The maximum atomic E-state index is 11.1. The van der Waals surface area contributed by atoms with Gasteiger partial charge in [0, 0.05) is 13.1 Å². The predicted molar refractivity (Wildman–Crippen MR) is 126 cm³/mol. The van der Waals surface area contributed by atoms with Gasteiger partial charge in [-0.15, -0.1) is 5.92 Å². The quantitative estimate of drug-likeness (QED) is 0.420. The minimum Gasteiger partial charge on any atom is -0.507 e. The highest BCUT2D eigenvalue weighted by molar-refractivity contribution is 5.82. The fourth-order valence-corrected chi connectivity index (χ4v) is 4.94. The van der Waals surface area contributed by atoms with Crippen molar-refractivity contribution in [3.63, 3.8) is 0 Å². The number of hydrogen-bond donors (Lipinski definition) is 1. The van der Waals surface area contributed by atoms with E-state index in [0.29, 0.717) is 17.6 Å². The third-order valence-corrected chi connectivity index (χ3v) is 7.04. The van der Waals surface area contributed by atoms with Crippen molar-refractivity contribution in [1.82, 2.24) is 4.90 Å². The minimum absolute atomic E-state index is 0.341. The number of fused-ring (bicyclic) bond motifs is 2. The molecular formula is C27H39NO2. The molecule has 164 valence electrons. The molecule has 0 amide bonds. The molecule has 0 aliphatic carbocycles. The second-order valence-corrected chi connectivity index (χ2v) is 9.63. The van der Waals surface area contributed by atoms with Gasteiger partial charge >= 0.3 is 0 Å². The van der Waals surface area contributed by atoms with Crippen LogP contribution in [0.2, 0.25) is 0 Å². The molecule has 0 spiro atoms. The van der Waals surface area contributed by atoms with E-state index < -0.39 is 0 Å². The summed E-state index contributed by atoms with van der Waals surface area (Å²) in [5, 5.41) is 11.1. The van der Waals surface area contributed by atoms with E-state index in [0.717, 1.165) is 37.4 Å². The molecular weight excluding hydrogens is 370 g/mol. The van der Waals surface area contributed by atoms with Gasteiger partial charge in [-0.2, -0.15) is 0 Å². The molecule has 2 aliphatic rings. The Balaban J connectivity index is 1.92. The number of benzene rings is 1. The van der Waals surface area contributed by atoms with Crippen molar-refractivity contribution in [3.05, 3.63) is 28.8 Å². The third kappa shape index (κ3) is 4.70. The molecule has 0 bridgehead atoms. The Hall–Kier alpha value is -1.92. The standard InChI is InChI=1S/C27H39NO2/c1-7-9-11-12-19(3)20(4)21-16-24(29)26-22-18-28(14-10-8-2)15-13-23(22)27(5,6)30-25(26)17-21/h16-17,19-20,29H,7,9,11-15,18H2,1-6H3. The van der Waals surface area contributed by atoms with Crippen molar-refractivity contribution < 1.29 is 9.84 Å². The van der Waals surface area contributed by atoms with Crippen LogP contribution >= 0.6 is 0 Å². The van der Waals surface area contributed by atoms with Crippen LogP contribution in [-0.2, 0) is 0 Å². The Morgan fingerprint density at radius 1 is 1.23 bits per heavy atom. The number of rotatable bonds is 7. The van der Waals surface area contributed by atoms with Crippen molar-refractivity contribution in [1.29, 1.82) is 0 Å². The second-order valence-electron chi connectivity index (χ2n) is 9.63. The van der Waals surface area contributed by atoms with E-state index >= 15 is 0 Å². The fourth-order valence-electron chi connectivity index (χ4n) is 4.94. The number of unbranched alkanes of at least 4 members (excludes halogenated alkanes) is 2. The molecule has 30 heavy (non-hydrogen) atoms. The Morgan fingerprint density at radius 2 is 2.00 bits per heavy atom. The lowest BCUT2D eigenvalue weighted by atomic mass is 9.79. The third-order valence-electron chi connectivity index (χ3n) is 7.04. The molecule has 1 aromatic rings. The SMILES string of the molecule is CC#CCN1CCC2=C(C1)c1c(O)cc(C(C)C(C)CCCCC)cc1OC2(C)C. The van der Waals surface area contributed by atoms with E-state index in [1.165, 1.54) is 42.4 Å². The van der Waals surface area contributed by atoms with Crippen LogP contribution < -0.4 is 4.74 Å². The van der Waals surface area contributed by atoms with Gasteiger partial charge in [0.15, 0.2) is 0 Å². The van der Waals surface area contributed by atoms with Gasteiger partial charge in [-0.1, -0.05) is 52.4 Å². The molecule has 0 saturated carbocycles. The first-order valence-electron chi connectivity index (χ1n) is 11.7. The van der Waals surface area contributed by atoms with Crippen LogP contribution in [0.15, 0.2) is 17.7 Å². The van der Waals surface area contributed by atoms with Gasteiger partial charge in [0.1, 0.15) is 17.1 Å². The largest absolute Gasteiger partial charge is 0.507 e. The molecule has 3 nitrogen and oxygen atoms in total. The second kappa shape index (κ2) is 9.48. The number of ether oxygens (including phenoxy) is 1. The lowest BCUT2D eigenvalue weighted by molar-refractivity contribution is 0.131. The number of phenols is 1. The Morgan fingerprint density at radius 3 is 2.70 bits per heavy atom. The van der Waals surface area contributed by atoms with Crippen molar-refractivity contribution in [2.45, 2.75) is 85.2 Å². The summed E-state index contributed by atoms with van der Waals surface area (Å²) >= 11 is 0. The number of hydrogen-bond acceptors (Lipinski definition) is 3. The normalized spacial score (nSPS) is 19.8. The summed E-state index contributed by atoms with van der Waals surface area (Å²) in [5.74, 6) is 8.36. The monoisotopic (exact) mass is 409 g/mol. The summed E-state index contributed by atoms with van der Waals surface area (Å²) in [4.78, 5) is 2.37. The van der Waals surface area contributed by atoms with Crippen LogP contribution in [0.5, 0.6) is 11.5 Å². The van der Waals surface area contributed by atoms with Crippen LogP contribution in [0.3, 0.4) is 0 Å². The maximum Gasteiger partial charge on any atom is 0.132 e. The van der Waals surface area contributed by atoms with Crippen molar-refractivity contribution in [3.8, 4) is 23.3 Å². The molecule has 0 saturated heterocycles. The average Bonchev–Trinajstić information content (AvgIpc) is 2.70. The summed E-state index contributed by atoms with van der Waals surface area (Å²) in [6.07, 6.45) is 6.00. The Kier molecular flexibility index (Phi) is 7.19. The minimum atomic E-state index is -0.341. The van der Waals surface area contributed by atoms with Crippen molar-refractivity contribution in [2.75, 3.05) is 19.6 Å². The Labute approximate surface area is 183 Å². The van der Waals surface area contributed by atoms with Gasteiger partial charge in [-0.25, -0.2) is 0 Å². The highest BCUT2D eigenvalue weighted by atomic mass is 16.5. The van der Waals surface area contributed by atoms with E-state index in [4.69, 9.17) is 4.74 Å². The molecule has 0 radical (unpaired) electrons. The highest BCUT2D eigenvalue weighted by Gasteiger charge is 2.39. The topological polar surface area (TPSA) is 32.7 Å². The molecule has 1 N–H and O–H groups in total. The molecule has 2 unspecified atom stereocenters. The molecule has 2 atom stereocenters. The number of phenolic OH excluding ortho intramolecular Hbond substituents is 1. The van der Waals surface area contributed by atoms with E-state index in [2.05, 4.69) is 57.4 Å². The zero-order chi connectivity index (χ0) is 21.9. The van der Waals surface area contributed by atoms with Gasteiger partial charge in [0.2, 0.25) is 0 Å². The van der Waals surface area contributed by atoms with Crippen molar-refractivity contribution >= 4 is 5.57 Å². The summed E-state index contributed by atoms with van der Waals surface area (Å²) in [6, 6.07) is 4.17. The molecule has 0 fully saturated rings. The van der Waals surface area contributed by atoms with Gasteiger partial charge in [0.05, 0.1) is 12.1 Å². The summed E-state index contributed by atoms with van der Waals surface area (Å²) in [5.41, 5.74) is 4.29. The zero-order valence-electron chi connectivity index (χ0n) is 19.8. The van der Waals surface area contributed by atoms with E-state index in [1.54, 1.807) is 0 Å². The highest BCUT2D eigenvalue weighted by Crippen LogP contribution is 2.49. The van der Waals surface area contributed by atoms with Gasteiger partial charge in [0.25, 0.3) is 0 Å². The van der Waals surface area contributed by atoms with Gasteiger partial charge in [-0.05, 0) is 67.9 Å². The van der Waals surface area contributed by atoms with E-state index in [9.17, 15) is 5.11 Å². The smallest absolute Gasteiger partial charge is 0.132 e. The van der Waals surface area contributed by atoms with E-state index in [-0.39, 0.29) is 5.60 Å². The molecule has 2 aliphatic heterocycles. The lowest BCUT2D eigenvalue weighted by Gasteiger charge is -2.42. The van der Waals surface area contributed by atoms with Crippen LogP contribution in [0, 0.1) is 17.8 Å². The van der Waals surface area contributed by atoms with Crippen LogP contribution in [0.25, 0.3) is 5.57 Å². The molecule has 0 aromatic heterocycles. The van der Waals surface area contributed by atoms with Crippen LogP contribution in [-0.4, -0.2) is 35.2 Å². The maximum absolute atomic E-state index is 11.1. The molecule has 2 heterocycles. The average molecular weight is 410 g/mol. The van der Waals surface area contributed by atoms with Crippen LogP contribution in [0.4, 0.5) is 0 Å². The molecule has 3 heteroatoms. The molecule has 3 rings (SSSR count). The number of nitrogens with zero attached hydrogens (tertiary/aromatic N) is 1. The summed E-state index contributed by atoms with van der Waals surface area (Å²) < 4.78 is 6.49. The summed E-state index contributed by atoms with van der Waals surface area (Å²) in [7, 11) is 0. The number of aromatic hydroxyl groups is 1. The van der Waals surface area contributed by atoms with Gasteiger partial charge < -0.3 is 9.84 Å². The van der Waals surface area contributed by atoms with Gasteiger partial charge in [-0.3, -0.25) is 4.90 Å². The van der Waals surface area contributed by atoms with E-state index in [1.807, 2.05) is 13.0 Å².